The van der Waals surface area contributed by atoms with Gasteiger partial charge in [0.05, 0.1) is 0 Å². The first-order valence-electron chi connectivity index (χ1n) is 7.00. The Balaban J connectivity index is 2.70. The highest BCUT2D eigenvalue weighted by Gasteiger charge is 2.38. The highest BCUT2D eigenvalue weighted by atomic mass is 16.4. The fourth-order valence-electron chi connectivity index (χ4n) is 2.79. The summed E-state index contributed by atoms with van der Waals surface area (Å²) in [5, 5.41) is 18.9. The molecule has 0 aliphatic rings. The van der Waals surface area contributed by atoms with E-state index in [1.165, 1.54) is 0 Å². The number of hydrogen-bond donors (Lipinski definition) is 2. The molecular formula is C18H18O4. The van der Waals surface area contributed by atoms with Crippen LogP contribution in [0.5, 0.6) is 0 Å². The van der Waals surface area contributed by atoms with Crippen LogP contribution < -0.4 is 0 Å². The molecule has 2 rings (SSSR count). The van der Waals surface area contributed by atoms with Crippen molar-refractivity contribution in [3.05, 3.63) is 70.8 Å². The molecule has 0 unspecified atom stereocenters. The van der Waals surface area contributed by atoms with Crippen molar-refractivity contribution >= 4 is 11.9 Å². The van der Waals surface area contributed by atoms with Crippen molar-refractivity contribution in [3.63, 3.8) is 0 Å². The molecule has 0 atom stereocenters. The third-order valence-corrected chi connectivity index (χ3v) is 3.91. The van der Waals surface area contributed by atoms with E-state index in [1.54, 1.807) is 24.3 Å². The van der Waals surface area contributed by atoms with Crippen LogP contribution in [0, 0.1) is 19.8 Å². The second kappa shape index (κ2) is 6.43. The fourth-order valence-corrected chi connectivity index (χ4v) is 2.79. The first kappa shape index (κ1) is 15.8. The maximum Gasteiger partial charge on any atom is 0.318 e. The molecule has 0 radical (unpaired) electrons. The lowest BCUT2D eigenvalue weighted by atomic mass is 9.77. The first-order valence-corrected chi connectivity index (χ1v) is 7.00. The Labute approximate surface area is 129 Å². The van der Waals surface area contributed by atoms with E-state index in [0.29, 0.717) is 0 Å². The Morgan fingerprint density at radius 3 is 1.45 bits per heavy atom. The minimum Gasteiger partial charge on any atom is -0.481 e. The monoisotopic (exact) mass is 298 g/mol. The number of carbonyl (C=O) groups is 2. The van der Waals surface area contributed by atoms with Crippen molar-refractivity contribution in [3.8, 4) is 0 Å². The van der Waals surface area contributed by atoms with E-state index in [1.807, 2.05) is 38.1 Å². The maximum atomic E-state index is 11.6. The van der Waals surface area contributed by atoms with Gasteiger partial charge < -0.3 is 10.2 Å². The van der Waals surface area contributed by atoms with E-state index < -0.39 is 23.8 Å². The molecule has 0 bridgehead atoms. The number of aliphatic carboxylic acids is 2. The minimum absolute atomic E-state index is 0.725. The van der Waals surface area contributed by atoms with Crippen LogP contribution in [0.2, 0.25) is 0 Å². The second-order valence-corrected chi connectivity index (χ2v) is 5.34. The average molecular weight is 298 g/mol. The van der Waals surface area contributed by atoms with Crippen LogP contribution in [0.1, 0.15) is 28.2 Å². The van der Waals surface area contributed by atoms with Gasteiger partial charge in [-0.3, -0.25) is 9.59 Å². The molecule has 4 nitrogen and oxygen atoms in total. The van der Waals surface area contributed by atoms with Gasteiger partial charge in [0.25, 0.3) is 0 Å². The molecule has 22 heavy (non-hydrogen) atoms. The van der Waals surface area contributed by atoms with Crippen molar-refractivity contribution in [2.75, 3.05) is 0 Å². The lowest BCUT2D eigenvalue weighted by Gasteiger charge is -2.25. The number of carboxylic acids is 2. The van der Waals surface area contributed by atoms with Crippen LogP contribution in [0.25, 0.3) is 0 Å². The number of rotatable bonds is 5. The predicted molar refractivity (Wildman–Crippen MR) is 83.0 cm³/mol. The molecule has 0 saturated carbocycles. The molecule has 2 aromatic rings. The first-order chi connectivity index (χ1) is 10.4. The quantitative estimate of drug-likeness (QED) is 0.831. The van der Waals surface area contributed by atoms with Gasteiger partial charge >= 0.3 is 11.9 Å². The molecule has 4 heteroatoms. The lowest BCUT2D eigenvalue weighted by Crippen LogP contribution is -2.31. The highest BCUT2D eigenvalue weighted by molar-refractivity contribution is 5.94. The second-order valence-electron chi connectivity index (χ2n) is 5.34. The lowest BCUT2D eigenvalue weighted by molar-refractivity contribution is -0.155. The topological polar surface area (TPSA) is 74.6 Å². The zero-order valence-electron chi connectivity index (χ0n) is 12.5. The van der Waals surface area contributed by atoms with Gasteiger partial charge in [0.15, 0.2) is 5.92 Å². The summed E-state index contributed by atoms with van der Waals surface area (Å²) in [6, 6.07) is 14.6. The van der Waals surface area contributed by atoms with E-state index >= 15 is 0 Å². The van der Waals surface area contributed by atoms with Gasteiger partial charge in [-0.2, -0.15) is 0 Å². The summed E-state index contributed by atoms with van der Waals surface area (Å²) in [6.07, 6.45) is 0. The minimum atomic E-state index is -1.53. The average Bonchev–Trinajstić information content (AvgIpc) is 2.45. The largest absolute Gasteiger partial charge is 0.481 e. The van der Waals surface area contributed by atoms with Gasteiger partial charge in [0.1, 0.15) is 0 Å². The number of benzene rings is 2. The summed E-state index contributed by atoms with van der Waals surface area (Å²) in [4.78, 5) is 23.1. The summed E-state index contributed by atoms with van der Waals surface area (Å²) in [5.74, 6) is -4.91. The fraction of sp³-hybridized carbons (Fsp3) is 0.222. The van der Waals surface area contributed by atoms with Crippen LogP contribution in [0.3, 0.4) is 0 Å². The zero-order valence-corrected chi connectivity index (χ0v) is 12.5. The van der Waals surface area contributed by atoms with Gasteiger partial charge in [-0.25, -0.2) is 0 Å². The summed E-state index contributed by atoms with van der Waals surface area (Å²) in [7, 11) is 0. The SMILES string of the molecule is Cc1ccccc1C(c1ccccc1C)C(C(=O)O)C(=O)O. The van der Waals surface area contributed by atoms with Gasteiger partial charge in [-0.15, -0.1) is 0 Å². The van der Waals surface area contributed by atoms with E-state index in [0.717, 1.165) is 22.3 Å². The van der Waals surface area contributed by atoms with Crippen molar-refractivity contribution in [2.24, 2.45) is 5.92 Å². The summed E-state index contributed by atoms with van der Waals surface area (Å²) in [5.41, 5.74) is 3.21. The molecule has 0 aromatic heterocycles. The summed E-state index contributed by atoms with van der Waals surface area (Å²) in [6.45, 7) is 3.72. The summed E-state index contributed by atoms with van der Waals surface area (Å²) < 4.78 is 0. The number of aryl methyl sites for hydroxylation is 2. The van der Waals surface area contributed by atoms with Gasteiger partial charge in [0.2, 0.25) is 0 Å². The third-order valence-electron chi connectivity index (χ3n) is 3.91. The molecule has 0 spiro atoms. The van der Waals surface area contributed by atoms with Gasteiger partial charge in [-0.1, -0.05) is 48.5 Å². The Kier molecular flexibility index (Phi) is 4.61. The van der Waals surface area contributed by atoms with Crippen molar-refractivity contribution < 1.29 is 19.8 Å². The molecule has 0 saturated heterocycles. The van der Waals surface area contributed by atoms with Crippen LogP contribution in [0.15, 0.2) is 48.5 Å². The smallest absolute Gasteiger partial charge is 0.318 e. The molecule has 2 N–H and O–H groups in total. The standard InChI is InChI=1S/C18H18O4/c1-11-7-3-5-9-13(11)15(16(17(19)20)18(21)22)14-10-6-4-8-12(14)2/h3-10,15-16H,1-2H3,(H,19,20)(H,21,22). The van der Waals surface area contributed by atoms with Crippen LogP contribution in [0.4, 0.5) is 0 Å². The maximum absolute atomic E-state index is 11.6. The molecular weight excluding hydrogens is 280 g/mol. The Hall–Kier alpha value is -2.62. The molecule has 114 valence electrons. The van der Waals surface area contributed by atoms with Gasteiger partial charge in [0, 0.05) is 5.92 Å². The van der Waals surface area contributed by atoms with Crippen molar-refractivity contribution in [1.29, 1.82) is 0 Å². The number of hydrogen-bond acceptors (Lipinski definition) is 2. The molecule has 0 aliphatic heterocycles. The van der Waals surface area contributed by atoms with Crippen LogP contribution >= 0.6 is 0 Å². The van der Waals surface area contributed by atoms with Crippen molar-refractivity contribution in [2.45, 2.75) is 19.8 Å². The molecule has 0 amide bonds. The molecule has 2 aromatic carbocycles. The number of carboxylic acid groups (broad SMARTS) is 2. The van der Waals surface area contributed by atoms with E-state index in [4.69, 9.17) is 0 Å². The van der Waals surface area contributed by atoms with Crippen molar-refractivity contribution in [1.82, 2.24) is 0 Å². The van der Waals surface area contributed by atoms with E-state index in [2.05, 4.69) is 0 Å². The predicted octanol–water partition coefficient (Wildman–Crippen LogP) is 3.22. The zero-order chi connectivity index (χ0) is 16.3. The third kappa shape index (κ3) is 3.01. The summed E-state index contributed by atoms with van der Waals surface area (Å²) >= 11 is 0. The molecule has 0 heterocycles. The highest BCUT2D eigenvalue weighted by Crippen LogP contribution is 2.36. The van der Waals surface area contributed by atoms with E-state index in [9.17, 15) is 19.8 Å². The Morgan fingerprint density at radius 1 is 0.773 bits per heavy atom. The normalized spacial score (nSPS) is 10.9. The molecule has 0 fully saturated rings. The Morgan fingerprint density at radius 2 is 1.14 bits per heavy atom. The van der Waals surface area contributed by atoms with Crippen LogP contribution in [-0.2, 0) is 9.59 Å². The van der Waals surface area contributed by atoms with Crippen LogP contribution in [-0.4, -0.2) is 22.2 Å². The Bertz CT molecular complexity index is 646. The van der Waals surface area contributed by atoms with E-state index in [-0.39, 0.29) is 0 Å². The molecule has 0 aliphatic carbocycles. The van der Waals surface area contributed by atoms with Gasteiger partial charge in [-0.05, 0) is 36.1 Å².